The highest BCUT2D eigenvalue weighted by molar-refractivity contribution is 8.00. The molecule has 0 saturated carbocycles. The first kappa shape index (κ1) is 32.4. The van der Waals surface area contributed by atoms with Crippen LogP contribution >= 0.6 is 11.8 Å². The Morgan fingerprint density at radius 2 is 1.75 bits per heavy atom. The Labute approximate surface area is 266 Å². The molecule has 2 aliphatic rings. The number of nitrogens with zero attached hydrogens (tertiary/aromatic N) is 1. The lowest BCUT2D eigenvalue weighted by Gasteiger charge is -2.52. The van der Waals surface area contributed by atoms with Gasteiger partial charge in [-0.3, -0.25) is 4.90 Å². The van der Waals surface area contributed by atoms with Crippen molar-refractivity contribution in [3.8, 4) is 23.0 Å². The molecule has 2 heterocycles. The molecule has 0 bridgehead atoms. The van der Waals surface area contributed by atoms with Gasteiger partial charge in [0.05, 0.1) is 27.9 Å². The predicted molar refractivity (Wildman–Crippen MR) is 176 cm³/mol. The molecule has 1 saturated heterocycles. The maximum absolute atomic E-state index is 14.0. The van der Waals surface area contributed by atoms with Gasteiger partial charge in [0.1, 0.15) is 11.8 Å². The van der Waals surface area contributed by atoms with Crippen molar-refractivity contribution in [2.24, 2.45) is 5.92 Å². The summed E-state index contributed by atoms with van der Waals surface area (Å²) in [5, 5.41) is 17.8. The van der Waals surface area contributed by atoms with E-state index in [4.69, 9.17) is 18.9 Å². The first-order valence-electron chi connectivity index (χ1n) is 15.6. The Hall–Kier alpha value is -2.95. The highest BCUT2D eigenvalue weighted by Gasteiger charge is 2.49. The van der Waals surface area contributed by atoms with Crippen LogP contribution in [0.25, 0.3) is 0 Å². The summed E-state index contributed by atoms with van der Waals surface area (Å²) in [6, 6.07) is 20.7. The molecular formula is C35H47N3O5S. The van der Waals surface area contributed by atoms with Gasteiger partial charge >= 0.3 is 0 Å². The maximum atomic E-state index is 14.0. The first-order valence-corrected chi connectivity index (χ1v) is 16.5. The van der Waals surface area contributed by atoms with Crippen LogP contribution in [0.5, 0.6) is 23.0 Å². The average molecular weight is 622 g/mol. The zero-order chi connectivity index (χ0) is 31.3. The molecule has 0 spiro atoms. The molecule has 8 nitrogen and oxygen atoms in total. The summed E-state index contributed by atoms with van der Waals surface area (Å²) in [4.78, 5) is 3.07. The number of thioether (sulfide) groups is 1. The summed E-state index contributed by atoms with van der Waals surface area (Å²) in [5.74, 6) is 2.91. The fraction of sp³-hybridized carbons (Fsp3) is 0.486. The number of benzene rings is 3. The Morgan fingerprint density at radius 3 is 2.45 bits per heavy atom. The van der Waals surface area contributed by atoms with Crippen molar-refractivity contribution in [2.75, 3.05) is 54.1 Å². The van der Waals surface area contributed by atoms with E-state index in [9.17, 15) is 5.21 Å². The minimum absolute atomic E-state index is 0.128. The van der Waals surface area contributed by atoms with Crippen LogP contribution in [0.4, 0.5) is 0 Å². The molecule has 1 fully saturated rings. The van der Waals surface area contributed by atoms with Crippen LogP contribution < -0.4 is 29.3 Å². The molecule has 2 aliphatic heterocycles. The van der Waals surface area contributed by atoms with Gasteiger partial charge in [-0.25, -0.2) is 0 Å². The third-order valence-corrected chi connectivity index (χ3v) is 10.8. The van der Waals surface area contributed by atoms with E-state index < -0.39 is 4.87 Å². The summed E-state index contributed by atoms with van der Waals surface area (Å²) >= 11 is 1.70. The highest BCUT2D eigenvalue weighted by Crippen LogP contribution is 2.48. The monoisotopic (exact) mass is 621 g/mol. The number of fused-ring (bicyclic) bond motifs is 1. The van der Waals surface area contributed by atoms with Crippen molar-refractivity contribution < 1.29 is 24.0 Å². The van der Waals surface area contributed by atoms with E-state index in [-0.39, 0.29) is 23.1 Å². The molecule has 0 aliphatic carbocycles. The third-order valence-electron chi connectivity index (χ3n) is 9.03. The largest absolute Gasteiger partial charge is 0.633 e. The van der Waals surface area contributed by atoms with Gasteiger partial charge in [-0.05, 0) is 62.2 Å². The molecule has 4 unspecified atom stereocenters. The number of methoxy groups -OCH3 is 3. The van der Waals surface area contributed by atoms with Crippen LogP contribution in [0.3, 0.4) is 0 Å². The molecule has 5 rings (SSSR count). The number of nitrogens with one attached hydrogen (secondary N) is 2. The average Bonchev–Trinajstić information content (AvgIpc) is 3.05. The standard InChI is InChI=1S/C35H47N3O5S/c1-24(2)35(38(39)25(3)29-14-7-8-15-33(29)44-35)27-12-11-13-28(22-27)43-19-10-9-17-37-18-16-36-23-30(37)26-20-31(40-4)34(42-6)32(21-26)41-5/h7-8,11-15,20-22,24-25,30,36,38H,9-10,16-19,23H2,1-6H3. The number of piperazine rings is 1. The van der Waals surface area contributed by atoms with E-state index in [1.807, 2.05) is 25.1 Å². The zero-order valence-corrected chi connectivity index (χ0v) is 27.7. The van der Waals surface area contributed by atoms with Gasteiger partial charge in [0.2, 0.25) is 5.75 Å². The number of unbranched alkanes of at least 4 members (excludes halogenated alkanes) is 1. The normalized spacial score (nSPS) is 23.7. The summed E-state index contributed by atoms with van der Waals surface area (Å²) in [6.07, 6.45) is 1.95. The number of ether oxygens (including phenoxy) is 4. The van der Waals surface area contributed by atoms with Crippen LogP contribution in [0.1, 0.15) is 62.4 Å². The van der Waals surface area contributed by atoms with Crippen LogP contribution in [0, 0.1) is 11.1 Å². The topological polar surface area (TPSA) is 79.7 Å². The zero-order valence-electron chi connectivity index (χ0n) is 26.9. The Kier molecular flexibility index (Phi) is 10.6. The van der Waals surface area contributed by atoms with Crippen molar-refractivity contribution in [2.45, 2.75) is 55.5 Å². The second-order valence-electron chi connectivity index (χ2n) is 11.9. The molecule has 0 aromatic heterocycles. The van der Waals surface area contributed by atoms with Crippen LogP contribution in [-0.2, 0) is 4.87 Å². The Morgan fingerprint density at radius 1 is 1.00 bits per heavy atom. The minimum atomic E-state index is -0.642. The second kappa shape index (κ2) is 14.4. The van der Waals surface area contributed by atoms with Gasteiger partial charge in [0.25, 0.3) is 0 Å². The Balaban J connectivity index is 1.22. The number of hydrogen-bond donors (Lipinski definition) is 2. The van der Waals surface area contributed by atoms with Gasteiger partial charge in [-0.15, -0.1) is 0 Å². The quantitative estimate of drug-likeness (QED) is 0.201. The van der Waals surface area contributed by atoms with E-state index in [0.717, 1.165) is 61.5 Å². The van der Waals surface area contributed by atoms with E-state index in [1.54, 1.807) is 33.1 Å². The van der Waals surface area contributed by atoms with Gasteiger partial charge in [0.15, 0.2) is 16.4 Å². The second-order valence-corrected chi connectivity index (χ2v) is 13.2. The van der Waals surface area contributed by atoms with Gasteiger partial charge in [-0.2, -0.15) is 0 Å². The molecule has 3 aromatic rings. The molecule has 0 radical (unpaired) electrons. The lowest BCUT2D eigenvalue weighted by molar-refractivity contribution is -0.929. The molecule has 4 atom stereocenters. The molecule has 44 heavy (non-hydrogen) atoms. The van der Waals surface area contributed by atoms with Crippen molar-refractivity contribution in [1.82, 2.24) is 10.2 Å². The van der Waals surface area contributed by atoms with Crippen molar-refractivity contribution in [3.63, 3.8) is 0 Å². The van der Waals surface area contributed by atoms with E-state index in [1.165, 1.54) is 4.90 Å². The summed E-state index contributed by atoms with van der Waals surface area (Å²) in [7, 11) is 4.94. The van der Waals surface area contributed by atoms with Crippen molar-refractivity contribution >= 4 is 11.8 Å². The SMILES string of the molecule is COc1cc(C2CNCCN2CCCCOc2cccc(C3(C(C)C)Sc4ccccc4C(C)[NH+]3[O-])c2)cc(OC)c1OC. The third kappa shape index (κ3) is 6.39. The molecule has 2 N–H and O–H groups in total. The fourth-order valence-electron chi connectivity index (χ4n) is 6.62. The minimum Gasteiger partial charge on any atom is -0.633 e. The smallest absolute Gasteiger partial charge is 0.203 e. The van der Waals surface area contributed by atoms with Crippen LogP contribution in [-0.4, -0.2) is 59.0 Å². The van der Waals surface area contributed by atoms with Crippen molar-refractivity contribution in [3.05, 3.63) is 82.6 Å². The van der Waals surface area contributed by atoms with Crippen LogP contribution in [0.2, 0.25) is 0 Å². The van der Waals surface area contributed by atoms with E-state index in [2.05, 4.69) is 66.5 Å². The van der Waals surface area contributed by atoms with Crippen LogP contribution in [0.15, 0.2) is 65.6 Å². The molecular weight excluding hydrogens is 574 g/mol. The lowest BCUT2D eigenvalue weighted by atomic mass is 9.92. The summed E-state index contributed by atoms with van der Waals surface area (Å²) < 4.78 is 23.0. The highest BCUT2D eigenvalue weighted by atomic mass is 32.2. The summed E-state index contributed by atoms with van der Waals surface area (Å²) in [5.41, 5.74) is 3.30. The number of hydrogen-bond acceptors (Lipinski definition) is 8. The number of hydroxylamine groups is 2. The fourth-order valence-corrected chi connectivity index (χ4v) is 8.23. The van der Waals surface area contributed by atoms with Gasteiger partial charge in [0, 0.05) is 47.6 Å². The molecule has 0 amide bonds. The van der Waals surface area contributed by atoms with E-state index >= 15 is 0 Å². The number of quaternary nitrogens is 1. The Bertz CT molecular complexity index is 1380. The maximum Gasteiger partial charge on any atom is 0.203 e. The lowest BCUT2D eigenvalue weighted by Crippen LogP contribution is -3.15. The van der Waals surface area contributed by atoms with Crippen molar-refractivity contribution in [1.29, 1.82) is 0 Å². The molecule has 238 valence electrons. The molecule has 9 heteroatoms. The first-order chi connectivity index (χ1) is 21.3. The number of rotatable bonds is 12. The molecule has 3 aromatic carbocycles. The van der Waals surface area contributed by atoms with E-state index in [0.29, 0.717) is 23.9 Å². The van der Waals surface area contributed by atoms with Gasteiger partial charge < -0.3 is 34.5 Å². The predicted octanol–water partition coefficient (Wildman–Crippen LogP) is 5.58. The summed E-state index contributed by atoms with van der Waals surface area (Å²) in [6.45, 7) is 10.7. The van der Waals surface area contributed by atoms with Gasteiger partial charge in [-0.1, -0.05) is 55.9 Å².